The monoisotopic (exact) mass is 286 g/mol. The molecular formula is C12H22N4O2S. The number of nitrogens with zero attached hydrogens (tertiary/aromatic N) is 3. The van der Waals surface area contributed by atoms with E-state index < -0.39 is 6.04 Å². The molecule has 0 bridgehead atoms. The first-order chi connectivity index (χ1) is 9.04. The van der Waals surface area contributed by atoms with E-state index in [-0.39, 0.29) is 5.97 Å². The molecule has 1 unspecified atom stereocenters. The zero-order valence-electron chi connectivity index (χ0n) is 11.7. The fraction of sp³-hybridized carbons (Fsp3) is 0.750. The van der Waals surface area contributed by atoms with Crippen LogP contribution in [0.3, 0.4) is 0 Å². The number of esters is 1. The van der Waals surface area contributed by atoms with Crippen molar-refractivity contribution >= 4 is 17.7 Å². The van der Waals surface area contributed by atoms with Gasteiger partial charge < -0.3 is 10.5 Å². The van der Waals surface area contributed by atoms with Gasteiger partial charge in [-0.2, -0.15) is 16.9 Å². The maximum Gasteiger partial charge on any atom is 0.322 e. The fourth-order valence-corrected chi connectivity index (χ4v) is 2.51. The Kier molecular flexibility index (Phi) is 6.86. The van der Waals surface area contributed by atoms with Crippen molar-refractivity contribution in [2.45, 2.75) is 38.6 Å². The highest BCUT2D eigenvalue weighted by atomic mass is 32.2. The van der Waals surface area contributed by atoms with Gasteiger partial charge in [0.2, 0.25) is 0 Å². The number of carbonyl (C=O) groups excluding carboxylic acids is 1. The minimum atomic E-state index is -0.536. The van der Waals surface area contributed by atoms with E-state index in [9.17, 15) is 4.79 Å². The van der Waals surface area contributed by atoms with Gasteiger partial charge in [0.05, 0.1) is 12.9 Å². The van der Waals surface area contributed by atoms with Crippen molar-refractivity contribution in [1.82, 2.24) is 14.8 Å². The van der Waals surface area contributed by atoms with Crippen molar-refractivity contribution in [2.75, 3.05) is 12.9 Å². The van der Waals surface area contributed by atoms with Gasteiger partial charge in [-0.05, 0) is 18.1 Å². The normalized spacial score (nSPS) is 12.7. The number of hydrogen-bond donors (Lipinski definition) is 1. The third-order valence-electron chi connectivity index (χ3n) is 2.54. The van der Waals surface area contributed by atoms with Crippen LogP contribution in [0.4, 0.5) is 0 Å². The standard InChI is InChI=1S/C12H22N4O2S/c1-9(2)6-16-11(14-8-15-16)7-19-5-4-10(13)12(17)18-3/h8-10H,4-7,13H2,1-3H3. The molecule has 1 heterocycles. The van der Waals surface area contributed by atoms with Crippen LogP contribution < -0.4 is 5.73 Å². The molecule has 0 saturated heterocycles. The van der Waals surface area contributed by atoms with Crippen molar-refractivity contribution in [1.29, 1.82) is 0 Å². The second-order valence-corrected chi connectivity index (χ2v) is 5.83. The molecule has 7 heteroatoms. The van der Waals surface area contributed by atoms with Gasteiger partial charge in [-0.3, -0.25) is 4.79 Å². The molecule has 1 rings (SSSR count). The Morgan fingerprint density at radius 3 is 2.95 bits per heavy atom. The van der Waals surface area contributed by atoms with E-state index in [4.69, 9.17) is 5.73 Å². The van der Waals surface area contributed by atoms with E-state index in [0.717, 1.165) is 23.9 Å². The molecule has 0 fully saturated rings. The lowest BCUT2D eigenvalue weighted by atomic mass is 10.2. The summed E-state index contributed by atoms with van der Waals surface area (Å²) in [5.41, 5.74) is 5.66. The predicted molar refractivity (Wildman–Crippen MR) is 75.6 cm³/mol. The van der Waals surface area contributed by atoms with Crippen molar-refractivity contribution < 1.29 is 9.53 Å². The molecule has 6 nitrogen and oxygen atoms in total. The summed E-state index contributed by atoms with van der Waals surface area (Å²) >= 11 is 1.70. The third-order valence-corrected chi connectivity index (χ3v) is 3.53. The summed E-state index contributed by atoms with van der Waals surface area (Å²) in [7, 11) is 1.35. The number of methoxy groups -OCH3 is 1. The van der Waals surface area contributed by atoms with E-state index in [2.05, 4.69) is 28.7 Å². The van der Waals surface area contributed by atoms with Crippen LogP contribution in [0, 0.1) is 5.92 Å². The van der Waals surface area contributed by atoms with Crippen LogP contribution in [-0.2, 0) is 21.8 Å². The van der Waals surface area contributed by atoms with Gasteiger partial charge >= 0.3 is 5.97 Å². The first-order valence-electron chi connectivity index (χ1n) is 6.32. The molecule has 0 aliphatic carbocycles. The van der Waals surface area contributed by atoms with E-state index in [0.29, 0.717) is 12.3 Å². The molecule has 0 spiro atoms. The minimum absolute atomic E-state index is 0.358. The molecule has 1 aromatic rings. The molecular weight excluding hydrogens is 264 g/mol. The Hall–Kier alpha value is -1.08. The second-order valence-electron chi connectivity index (χ2n) is 4.72. The Morgan fingerprint density at radius 2 is 2.32 bits per heavy atom. The number of ether oxygens (including phenoxy) is 1. The number of aromatic nitrogens is 3. The lowest BCUT2D eigenvalue weighted by molar-refractivity contribution is -0.142. The summed E-state index contributed by atoms with van der Waals surface area (Å²) in [5.74, 6) is 2.72. The molecule has 0 saturated carbocycles. The maximum atomic E-state index is 11.1. The third kappa shape index (κ3) is 5.61. The fourth-order valence-electron chi connectivity index (χ4n) is 1.54. The summed E-state index contributed by atoms with van der Waals surface area (Å²) in [5, 5.41) is 4.21. The van der Waals surface area contributed by atoms with Gasteiger partial charge in [-0.25, -0.2) is 9.67 Å². The van der Waals surface area contributed by atoms with Crippen molar-refractivity contribution in [3.8, 4) is 0 Å². The maximum absolute atomic E-state index is 11.1. The molecule has 0 radical (unpaired) electrons. The summed E-state index contributed by atoms with van der Waals surface area (Å²) < 4.78 is 6.51. The zero-order valence-corrected chi connectivity index (χ0v) is 12.5. The van der Waals surface area contributed by atoms with Crippen LogP contribution in [-0.4, -0.2) is 39.6 Å². The Morgan fingerprint density at radius 1 is 1.58 bits per heavy atom. The van der Waals surface area contributed by atoms with Crippen LogP contribution in [0.15, 0.2) is 6.33 Å². The first-order valence-corrected chi connectivity index (χ1v) is 7.48. The molecule has 1 atom stereocenters. The van der Waals surface area contributed by atoms with Gasteiger partial charge in [0.25, 0.3) is 0 Å². The molecule has 2 N–H and O–H groups in total. The second kappa shape index (κ2) is 8.16. The van der Waals surface area contributed by atoms with E-state index in [1.54, 1.807) is 18.1 Å². The predicted octanol–water partition coefficient (Wildman–Crippen LogP) is 1.06. The molecule has 108 valence electrons. The van der Waals surface area contributed by atoms with Gasteiger partial charge in [0.15, 0.2) is 0 Å². The average Bonchev–Trinajstić information content (AvgIpc) is 2.79. The summed E-state index contributed by atoms with van der Waals surface area (Å²) in [6.45, 7) is 5.17. The average molecular weight is 286 g/mol. The molecule has 0 aromatic carbocycles. The van der Waals surface area contributed by atoms with E-state index in [1.165, 1.54) is 7.11 Å². The van der Waals surface area contributed by atoms with Crippen LogP contribution in [0.25, 0.3) is 0 Å². The number of carbonyl (C=O) groups is 1. The lowest BCUT2D eigenvalue weighted by Crippen LogP contribution is -2.32. The first kappa shape index (κ1) is 16.0. The number of hydrogen-bond acceptors (Lipinski definition) is 6. The highest BCUT2D eigenvalue weighted by molar-refractivity contribution is 7.98. The topological polar surface area (TPSA) is 83.0 Å². The van der Waals surface area contributed by atoms with E-state index >= 15 is 0 Å². The van der Waals surface area contributed by atoms with Gasteiger partial charge in [-0.15, -0.1) is 0 Å². The lowest BCUT2D eigenvalue weighted by Gasteiger charge is -2.10. The summed E-state index contributed by atoms with van der Waals surface area (Å²) in [4.78, 5) is 15.4. The summed E-state index contributed by atoms with van der Waals surface area (Å²) in [6.07, 6.45) is 2.19. The van der Waals surface area contributed by atoms with Crippen LogP contribution in [0.2, 0.25) is 0 Å². The highest BCUT2D eigenvalue weighted by Gasteiger charge is 2.13. The van der Waals surface area contributed by atoms with Crippen molar-refractivity contribution in [3.05, 3.63) is 12.2 Å². The number of nitrogens with two attached hydrogens (primary N) is 1. The molecule has 0 amide bonds. The van der Waals surface area contributed by atoms with E-state index in [1.807, 2.05) is 4.68 Å². The molecule has 1 aromatic heterocycles. The van der Waals surface area contributed by atoms with Gasteiger partial charge in [-0.1, -0.05) is 13.8 Å². The zero-order chi connectivity index (χ0) is 14.3. The van der Waals surface area contributed by atoms with Crippen LogP contribution >= 0.6 is 11.8 Å². The SMILES string of the molecule is COC(=O)C(N)CCSCc1ncnn1CC(C)C. The smallest absolute Gasteiger partial charge is 0.322 e. The molecule has 0 aliphatic rings. The Bertz CT molecular complexity index is 395. The Labute approximate surface area is 118 Å². The Balaban J connectivity index is 2.30. The quantitative estimate of drug-likeness (QED) is 0.568. The van der Waals surface area contributed by atoms with Crippen molar-refractivity contribution in [2.24, 2.45) is 11.7 Å². The minimum Gasteiger partial charge on any atom is -0.468 e. The number of thioether (sulfide) groups is 1. The van der Waals surface area contributed by atoms with Gasteiger partial charge in [0, 0.05) is 6.54 Å². The van der Waals surface area contributed by atoms with Crippen LogP contribution in [0.1, 0.15) is 26.1 Å². The van der Waals surface area contributed by atoms with Gasteiger partial charge in [0.1, 0.15) is 18.2 Å². The molecule has 19 heavy (non-hydrogen) atoms. The molecule has 0 aliphatic heterocycles. The summed E-state index contributed by atoms with van der Waals surface area (Å²) in [6, 6.07) is -0.536. The largest absolute Gasteiger partial charge is 0.468 e. The van der Waals surface area contributed by atoms with Crippen molar-refractivity contribution in [3.63, 3.8) is 0 Å². The highest BCUT2D eigenvalue weighted by Crippen LogP contribution is 2.12. The number of rotatable bonds is 8. The van der Waals surface area contributed by atoms with Crippen LogP contribution in [0.5, 0.6) is 0 Å².